The fourth-order valence-electron chi connectivity index (χ4n) is 4.79. The summed E-state index contributed by atoms with van der Waals surface area (Å²) in [5, 5.41) is 8.96. The number of nitriles is 1. The third-order valence-corrected chi connectivity index (χ3v) is 5.71. The van der Waals surface area contributed by atoms with E-state index in [9.17, 15) is 4.79 Å². The Balaban J connectivity index is 1.53. The summed E-state index contributed by atoms with van der Waals surface area (Å²) in [5.74, 6) is 3.49. The van der Waals surface area contributed by atoms with Gasteiger partial charge in [-0.25, -0.2) is 0 Å². The van der Waals surface area contributed by atoms with E-state index in [-0.39, 0.29) is 11.8 Å². The molecule has 0 radical (unpaired) electrons. The number of benzene rings is 1. The Bertz CT molecular complexity index is 602. The average Bonchev–Trinajstić information content (AvgIpc) is 2.93. The maximum Gasteiger partial charge on any atom is 0.230 e. The van der Waals surface area contributed by atoms with Gasteiger partial charge in [0.2, 0.25) is 5.91 Å². The van der Waals surface area contributed by atoms with Gasteiger partial charge in [0.25, 0.3) is 0 Å². The number of rotatable bonds is 2. The first-order chi connectivity index (χ1) is 9.70. The van der Waals surface area contributed by atoms with E-state index in [2.05, 4.69) is 6.07 Å². The van der Waals surface area contributed by atoms with Gasteiger partial charge in [-0.2, -0.15) is 5.26 Å². The minimum Gasteiger partial charge on any atom is -0.315 e. The molecule has 4 unspecified atom stereocenters. The predicted molar refractivity (Wildman–Crippen MR) is 75.9 cm³/mol. The van der Waals surface area contributed by atoms with Crippen LogP contribution in [0.15, 0.2) is 24.3 Å². The van der Waals surface area contributed by atoms with Gasteiger partial charge in [0.15, 0.2) is 0 Å². The van der Waals surface area contributed by atoms with Crippen molar-refractivity contribution in [3.8, 4) is 6.07 Å². The van der Waals surface area contributed by atoms with Crippen molar-refractivity contribution in [3.63, 3.8) is 0 Å². The molecular weight excluding hydrogens is 248 g/mol. The molecule has 3 aliphatic carbocycles. The lowest BCUT2D eigenvalue weighted by atomic mass is 10.0. The minimum absolute atomic E-state index is 0.256. The number of fused-ring (bicyclic) bond motifs is 5. The number of carbonyl (C=O) groups is 1. The van der Waals surface area contributed by atoms with E-state index >= 15 is 0 Å². The highest BCUT2D eigenvalue weighted by molar-refractivity contribution is 5.97. The molecule has 0 aromatic heterocycles. The first-order valence-electron chi connectivity index (χ1n) is 7.48. The van der Waals surface area contributed by atoms with Crippen molar-refractivity contribution in [1.29, 1.82) is 5.26 Å². The lowest BCUT2D eigenvalue weighted by Gasteiger charge is -2.19. The summed E-state index contributed by atoms with van der Waals surface area (Å²) >= 11 is 0. The number of hydrogen-bond acceptors (Lipinski definition) is 2. The first kappa shape index (κ1) is 12.0. The number of nitrogens with zero attached hydrogens (tertiary/aromatic N) is 2. The number of amides is 1. The largest absolute Gasteiger partial charge is 0.315 e. The van der Waals surface area contributed by atoms with Gasteiger partial charge < -0.3 is 4.90 Å². The van der Waals surface area contributed by atoms with Gasteiger partial charge in [-0.15, -0.1) is 0 Å². The van der Waals surface area contributed by atoms with Crippen LogP contribution in [0.25, 0.3) is 0 Å². The van der Waals surface area contributed by atoms with Crippen LogP contribution in [-0.4, -0.2) is 13.0 Å². The lowest BCUT2D eigenvalue weighted by molar-refractivity contribution is -0.120. The van der Waals surface area contributed by atoms with Gasteiger partial charge in [0.05, 0.1) is 11.6 Å². The van der Waals surface area contributed by atoms with Crippen molar-refractivity contribution >= 4 is 11.6 Å². The standard InChI is InChI=1S/C17H18N2O/c1-19(13-4-2-3-10(7-13)9-18)17(20)16-14-11-5-6-12(8-11)15(14)16/h2-4,7,11-12,14-16H,5-6,8H2,1H3. The molecule has 3 saturated carbocycles. The molecule has 0 aliphatic heterocycles. The van der Waals surface area contributed by atoms with Crippen LogP contribution in [0.3, 0.4) is 0 Å². The molecule has 2 bridgehead atoms. The van der Waals surface area contributed by atoms with Crippen molar-refractivity contribution in [2.75, 3.05) is 11.9 Å². The van der Waals surface area contributed by atoms with E-state index in [1.54, 1.807) is 17.0 Å². The molecule has 0 spiro atoms. The summed E-state index contributed by atoms with van der Waals surface area (Å²) in [7, 11) is 1.84. The molecule has 20 heavy (non-hydrogen) atoms. The minimum atomic E-state index is 0.256. The third kappa shape index (κ3) is 1.54. The molecule has 4 atom stereocenters. The Hall–Kier alpha value is -1.82. The maximum atomic E-state index is 12.7. The fourth-order valence-corrected chi connectivity index (χ4v) is 4.79. The summed E-state index contributed by atoms with van der Waals surface area (Å²) in [6.45, 7) is 0. The zero-order valence-electron chi connectivity index (χ0n) is 11.6. The van der Waals surface area contributed by atoms with E-state index < -0.39 is 0 Å². The van der Waals surface area contributed by atoms with Gasteiger partial charge in [-0.3, -0.25) is 4.79 Å². The summed E-state index contributed by atoms with van der Waals surface area (Å²) in [5.41, 5.74) is 1.45. The number of hydrogen-bond donors (Lipinski definition) is 0. The van der Waals surface area contributed by atoms with Crippen molar-refractivity contribution in [1.82, 2.24) is 0 Å². The predicted octanol–water partition coefficient (Wildman–Crippen LogP) is 2.81. The van der Waals surface area contributed by atoms with Crippen molar-refractivity contribution in [2.45, 2.75) is 19.3 Å². The Morgan fingerprint density at radius 1 is 1.30 bits per heavy atom. The third-order valence-electron chi connectivity index (χ3n) is 5.71. The molecule has 3 aliphatic rings. The van der Waals surface area contributed by atoms with Crippen LogP contribution in [0, 0.1) is 40.9 Å². The topological polar surface area (TPSA) is 44.1 Å². The fraction of sp³-hybridized carbons (Fsp3) is 0.529. The van der Waals surface area contributed by atoms with E-state index in [0.717, 1.165) is 17.5 Å². The molecular formula is C17H18N2O. The van der Waals surface area contributed by atoms with Crippen LogP contribution in [0.2, 0.25) is 0 Å². The van der Waals surface area contributed by atoms with E-state index in [1.165, 1.54) is 19.3 Å². The van der Waals surface area contributed by atoms with E-state index in [1.807, 2.05) is 19.2 Å². The highest BCUT2D eigenvalue weighted by atomic mass is 16.2. The molecule has 0 N–H and O–H groups in total. The van der Waals surface area contributed by atoms with Crippen LogP contribution in [0.4, 0.5) is 5.69 Å². The number of carbonyl (C=O) groups excluding carboxylic acids is 1. The van der Waals surface area contributed by atoms with Crippen molar-refractivity contribution < 1.29 is 4.79 Å². The van der Waals surface area contributed by atoms with Crippen molar-refractivity contribution in [2.24, 2.45) is 29.6 Å². The Morgan fingerprint density at radius 2 is 2.00 bits per heavy atom. The Morgan fingerprint density at radius 3 is 2.65 bits per heavy atom. The zero-order valence-corrected chi connectivity index (χ0v) is 11.6. The maximum absolute atomic E-state index is 12.7. The van der Waals surface area contributed by atoms with Gasteiger partial charge >= 0.3 is 0 Å². The lowest BCUT2D eigenvalue weighted by Crippen LogP contribution is -2.30. The molecule has 4 rings (SSSR count). The summed E-state index contributed by atoms with van der Waals surface area (Å²) in [6, 6.07) is 9.45. The first-order valence-corrected chi connectivity index (χ1v) is 7.48. The van der Waals surface area contributed by atoms with E-state index in [4.69, 9.17) is 5.26 Å². The van der Waals surface area contributed by atoms with Crippen LogP contribution in [0.5, 0.6) is 0 Å². The highest BCUT2D eigenvalue weighted by Gasteiger charge is 2.67. The average molecular weight is 266 g/mol. The van der Waals surface area contributed by atoms with Gasteiger partial charge in [-0.1, -0.05) is 6.07 Å². The van der Waals surface area contributed by atoms with Crippen LogP contribution >= 0.6 is 0 Å². The molecule has 3 fully saturated rings. The second-order valence-corrected chi connectivity index (χ2v) is 6.57. The second kappa shape index (κ2) is 4.09. The second-order valence-electron chi connectivity index (χ2n) is 6.57. The Labute approximate surface area is 119 Å². The van der Waals surface area contributed by atoms with Crippen molar-refractivity contribution in [3.05, 3.63) is 29.8 Å². The SMILES string of the molecule is CN(C(=O)C1C2C3CCC(C3)C12)c1cccc(C#N)c1. The van der Waals surface area contributed by atoms with Crippen LogP contribution in [-0.2, 0) is 4.79 Å². The van der Waals surface area contributed by atoms with Gasteiger partial charge in [0.1, 0.15) is 0 Å². The normalized spacial score (nSPS) is 36.3. The van der Waals surface area contributed by atoms with Gasteiger partial charge in [-0.05, 0) is 61.1 Å². The summed E-state index contributed by atoms with van der Waals surface area (Å²) in [6.07, 6.45) is 4.04. The highest BCUT2D eigenvalue weighted by Crippen LogP contribution is 2.69. The molecule has 3 nitrogen and oxygen atoms in total. The quantitative estimate of drug-likeness (QED) is 0.826. The van der Waals surface area contributed by atoms with Crippen LogP contribution in [0.1, 0.15) is 24.8 Å². The zero-order chi connectivity index (χ0) is 13.9. The molecule has 1 amide bonds. The van der Waals surface area contributed by atoms with E-state index in [0.29, 0.717) is 17.4 Å². The number of anilines is 1. The monoisotopic (exact) mass is 266 g/mol. The Kier molecular flexibility index (Phi) is 2.44. The molecule has 102 valence electrons. The molecule has 0 saturated heterocycles. The molecule has 3 heteroatoms. The van der Waals surface area contributed by atoms with Crippen LogP contribution < -0.4 is 4.90 Å². The molecule has 1 aromatic carbocycles. The molecule has 1 aromatic rings. The van der Waals surface area contributed by atoms with Gasteiger partial charge in [0, 0.05) is 18.7 Å². The molecule has 0 heterocycles. The summed E-state index contributed by atoms with van der Waals surface area (Å²) in [4.78, 5) is 14.4. The smallest absolute Gasteiger partial charge is 0.230 e. The summed E-state index contributed by atoms with van der Waals surface area (Å²) < 4.78 is 0.